The number of nitrogens with one attached hydrogen (secondary N) is 1. The van der Waals surface area contributed by atoms with Crippen molar-refractivity contribution in [3.8, 4) is 0 Å². The summed E-state index contributed by atoms with van der Waals surface area (Å²) in [7, 11) is 1.97. The predicted octanol–water partition coefficient (Wildman–Crippen LogP) is 3.06. The molecule has 0 bridgehead atoms. The third-order valence-electron chi connectivity index (χ3n) is 5.27. The summed E-state index contributed by atoms with van der Waals surface area (Å²) in [5.41, 5.74) is 1.97. The van der Waals surface area contributed by atoms with E-state index in [0.29, 0.717) is 32.7 Å². The lowest BCUT2D eigenvalue weighted by molar-refractivity contribution is -0.134. The molecule has 1 heterocycles. The normalized spacial score (nSPS) is 15.4. The van der Waals surface area contributed by atoms with E-state index in [1.54, 1.807) is 4.90 Å². The highest BCUT2D eigenvalue weighted by molar-refractivity contribution is 5.89. The minimum atomic E-state index is -0.117. The fraction of sp³-hybridized carbons (Fsp3) is 0.364. The maximum Gasteiger partial charge on any atom is 0.321 e. The Bertz CT molecular complexity index is 774. The van der Waals surface area contributed by atoms with E-state index in [1.807, 2.05) is 60.5 Å². The van der Waals surface area contributed by atoms with Gasteiger partial charge < -0.3 is 15.1 Å². The molecule has 6 heteroatoms. The van der Waals surface area contributed by atoms with Gasteiger partial charge >= 0.3 is 6.03 Å². The topological polar surface area (TPSA) is 55.9 Å². The first-order valence-electron chi connectivity index (χ1n) is 9.68. The predicted molar refractivity (Wildman–Crippen MR) is 111 cm³/mol. The molecular weight excluding hydrogens is 352 g/mol. The maximum absolute atomic E-state index is 12.7. The fourth-order valence-electron chi connectivity index (χ4n) is 3.32. The van der Waals surface area contributed by atoms with Crippen molar-refractivity contribution in [2.75, 3.05) is 45.1 Å². The molecule has 0 spiro atoms. The quantitative estimate of drug-likeness (QED) is 0.867. The van der Waals surface area contributed by atoms with E-state index in [-0.39, 0.29) is 18.0 Å². The van der Waals surface area contributed by atoms with Crippen molar-refractivity contribution in [3.05, 3.63) is 66.2 Å². The SMILES string of the molecule is CC(c1ccccc1)N(C)CC(=O)N1CCN(C(=O)Nc2ccccc2)CC1. The Morgan fingerprint density at radius 1 is 0.929 bits per heavy atom. The molecule has 2 aromatic carbocycles. The van der Waals surface area contributed by atoms with Gasteiger partial charge in [0.15, 0.2) is 0 Å². The number of rotatable bonds is 5. The number of nitrogens with zero attached hydrogens (tertiary/aromatic N) is 3. The molecule has 3 rings (SSSR count). The number of para-hydroxylation sites is 1. The molecule has 2 aromatic rings. The van der Waals surface area contributed by atoms with E-state index in [0.717, 1.165) is 5.69 Å². The zero-order valence-electron chi connectivity index (χ0n) is 16.5. The minimum Gasteiger partial charge on any atom is -0.338 e. The molecule has 28 heavy (non-hydrogen) atoms. The van der Waals surface area contributed by atoms with Gasteiger partial charge in [-0.25, -0.2) is 4.79 Å². The van der Waals surface area contributed by atoms with E-state index >= 15 is 0 Å². The highest BCUT2D eigenvalue weighted by Crippen LogP contribution is 2.18. The van der Waals surface area contributed by atoms with Gasteiger partial charge in [-0.15, -0.1) is 0 Å². The smallest absolute Gasteiger partial charge is 0.321 e. The number of likely N-dealkylation sites (N-methyl/N-ethyl adjacent to an activating group) is 1. The van der Waals surface area contributed by atoms with E-state index in [1.165, 1.54) is 5.56 Å². The highest BCUT2D eigenvalue weighted by atomic mass is 16.2. The van der Waals surface area contributed by atoms with Crippen LogP contribution in [0.25, 0.3) is 0 Å². The summed E-state index contributed by atoms with van der Waals surface area (Å²) in [5, 5.41) is 2.90. The maximum atomic E-state index is 12.7. The van der Waals surface area contributed by atoms with Crippen LogP contribution in [0.4, 0.5) is 10.5 Å². The average molecular weight is 380 g/mol. The van der Waals surface area contributed by atoms with Gasteiger partial charge in [-0.2, -0.15) is 0 Å². The van der Waals surface area contributed by atoms with Gasteiger partial charge in [0.25, 0.3) is 0 Å². The number of amides is 3. The first-order chi connectivity index (χ1) is 13.5. The van der Waals surface area contributed by atoms with Gasteiger partial charge in [-0.3, -0.25) is 9.69 Å². The Kier molecular flexibility index (Phi) is 6.66. The van der Waals surface area contributed by atoms with Crippen molar-refractivity contribution in [1.82, 2.24) is 14.7 Å². The number of anilines is 1. The Labute approximate surface area is 166 Å². The van der Waals surface area contributed by atoms with E-state index in [2.05, 4.69) is 29.3 Å². The average Bonchev–Trinajstić information content (AvgIpc) is 2.74. The van der Waals surface area contributed by atoms with Crippen LogP contribution in [-0.4, -0.2) is 66.4 Å². The van der Waals surface area contributed by atoms with Crippen LogP contribution in [0.2, 0.25) is 0 Å². The Morgan fingerprint density at radius 3 is 2.07 bits per heavy atom. The van der Waals surface area contributed by atoms with Crippen molar-refractivity contribution in [3.63, 3.8) is 0 Å². The third kappa shape index (κ3) is 5.10. The second-order valence-electron chi connectivity index (χ2n) is 7.17. The minimum absolute atomic E-state index is 0.105. The first-order valence-corrected chi connectivity index (χ1v) is 9.68. The van der Waals surface area contributed by atoms with E-state index < -0.39 is 0 Å². The molecular formula is C22H28N4O2. The lowest BCUT2D eigenvalue weighted by Crippen LogP contribution is -2.53. The van der Waals surface area contributed by atoms with Crippen LogP contribution in [0.3, 0.4) is 0 Å². The number of carbonyl (C=O) groups is 2. The van der Waals surface area contributed by atoms with Gasteiger partial charge in [0.2, 0.25) is 5.91 Å². The second kappa shape index (κ2) is 9.37. The number of benzene rings is 2. The molecule has 0 aliphatic carbocycles. The number of hydrogen-bond acceptors (Lipinski definition) is 3. The molecule has 0 aromatic heterocycles. The second-order valence-corrected chi connectivity index (χ2v) is 7.17. The van der Waals surface area contributed by atoms with Gasteiger partial charge in [0.1, 0.15) is 0 Å². The molecule has 1 fully saturated rings. The summed E-state index contributed by atoms with van der Waals surface area (Å²) >= 11 is 0. The molecule has 0 saturated carbocycles. The number of hydrogen-bond donors (Lipinski definition) is 1. The molecule has 3 amide bonds. The summed E-state index contributed by atoms with van der Waals surface area (Å²) in [4.78, 5) is 30.7. The molecule has 1 N–H and O–H groups in total. The van der Waals surface area contributed by atoms with Crippen molar-refractivity contribution in [1.29, 1.82) is 0 Å². The zero-order chi connectivity index (χ0) is 19.9. The van der Waals surface area contributed by atoms with Crippen LogP contribution in [0.5, 0.6) is 0 Å². The Morgan fingerprint density at radius 2 is 1.46 bits per heavy atom. The lowest BCUT2D eigenvalue weighted by Gasteiger charge is -2.36. The summed E-state index contributed by atoms with van der Waals surface area (Å²) in [6, 6.07) is 19.6. The van der Waals surface area contributed by atoms with Gasteiger partial charge in [0, 0.05) is 37.9 Å². The molecule has 148 valence electrons. The van der Waals surface area contributed by atoms with Crippen LogP contribution < -0.4 is 5.32 Å². The van der Waals surface area contributed by atoms with Crippen LogP contribution in [0, 0.1) is 0 Å². The molecule has 1 aliphatic heterocycles. The molecule has 1 atom stereocenters. The first kappa shape index (κ1) is 19.9. The van der Waals surface area contributed by atoms with Gasteiger partial charge in [-0.1, -0.05) is 48.5 Å². The monoisotopic (exact) mass is 380 g/mol. The Hall–Kier alpha value is -2.86. The van der Waals surface area contributed by atoms with Crippen LogP contribution in [0.1, 0.15) is 18.5 Å². The van der Waals surface area contributed by atoms with Crippen LogP contribution in [-0.2, 0) is 4.79 Å². The number of carbonyl (C=O) groups excluding carboxylic acids is 2. The number of urea groups is 1. The van der Waals surface area contributed by atoms with Crippen molar-refractivity contribution in [2.24, 2.45) is 0 Å². The zero-order valence-corrected chi connectivity index (χ0v) is 16.5. The van der Waals surface area contributed by atoms with Crippen molar-refractivity contribution < 1.29 is 9.59 Å². The molecule has 1 unspecified atom stereocenters. The molecule has 1 aliphatic rings. The van der Waals surface area contributed by atoms with Gasteiger partial charge in [0.05, 0.1) is 6.54 Å². The summed E-state index contributed by atoms with van der Waals surface area (Å²) in [6.45, 7) is 4.69. The summed E-state index contributed by atoms with van der Waals surface area (Å²) in [5.74, 6) is 0.105. The summed E-state index contributed by atoms with van der Waals surface area (Å²) in [6.07, 6.45) is 0. The molecule has 1 saturated heterocycles. The van der Waals surface area contributed by atoms with E-state index in [4.69, 9.17) is 0 Å². The Balaban J connectivity index is 1.46. The van der Waals surface area contributed by atoms with Crippen LogP contribution in [0.15, 0.2) is 60.7 Å². The molecule has 6 nitrogen and oxygen atoms in total. The van der Waals surface area contributed by atoms with Crippen molar-refractivity contribution in [2.45, 2.75) is 13.0 Å². The van der Waals surface area contributed by atoms with E-state index in [9.17, 15) is 9.59 Å². The standard InChI is InChI=1S/C22H28N4O2/c1-18(19-9-5-3-6-10-19)24(2)17-21(27)25-13-15-26(16-14-25)22(28)23-20-11-7-4-8-12-20/h3-12,18H,13-17H2,1-2H3,(H,23,28). The lowest BCUT2D eigenvalue weighted by atomic mass is 10.1. The van der Waals surface area contributed by atoms with Gasteiger partial charge in [-0.05, 0) is 31.7 Å². The molecule has 0 radical (unpaired) electrons. The highest BCUT2D eigenvalue weighted by Gasteiger charge is 2.25. The van der Waals surface area contributed by atoms with Crippen LogP contribution >= 0.6 is 0 Å². The third-order valence-corrected chi connectivity index (χ3v) is 5.27. The fourth-order valence-corrected chi connectivity index (χ4v) is 3.32. The summed E-state index contributed by atoms with van der Waals surface area (Å²) < 4.78 is 0. The van der Waals surface area contributed by atoms with Crippen molar-refractivity contribution >= 4 is 17.6 Å². The largest absolute Gasteiger partial charge is 0.338 e. The number of piperazine rings is 1.